The number of carbonyl (C=O) groups is 1. The molecule has 0 radical (unpaired) electrons. The van der Waals surface area contributed by atoms with Crippen LogP contribution in [0.4, 0.5) is 0 Å². The molecule has 0 heterocycles. The first-order chi connectivity index (χ1) is 8.10. The summed E-state index contributed by atoms with van der Waals surface area (Å²) < 4.78 is 0. The minimum absolute atomic E-state index is 0.357. The molecular weight excluding hydrogens is 210 g/mol. The average molecular weight is 237 g/mol. The summed E-state index contributed by atoms with van der Waals surface area (Å²) in [5.41, 5.74) is 5.88. The molecule has 0 aromatic rings. The molecule has 2 nitrogen and oxygen atoms in total. The monoisotopic (exact) mass is 237 g/mol. The molecule has 2 fully saturated rings. The number of hydrogen-bond donors (Lipinski definition) is 1. The Hall–Kier alpha value is -0.370. The zero-order valence-corrected chi connectivity index (χ0v) is 11.2. The van der Waals surface area contributed by atoms with E-state index in [1.54, 1.807) is 0 Å². The topological polar surface area (TPSA) is 43.1 Å². The van der Waals surface area contributed by atoms with Crippen molar-refractivity contribution in [1.29, 1.82) is 0 Å². The molecule has 0 aliphatic heterocycles. The maximum atomic E-state index is 12.4. The molecule has 2 saturated carbocycles. The van der Waals surface area contributed by atoms with Gasteiger partial charge in [0.1, 0.15) is 0 Å². The van der Waals surface area contributed by atoms with Crippen LogP contribution in [0.25, 0.3) is 0 Å². The van der Waals surface area contributed by atoms with E-state index in [1.807, 2.05) is 0 Å². The van der Waals surface area contributed by atoms with Crippen LogP contribution >= 0.6 is 0 Å². The van der Waals surface area contributed by atoms with Gasteiger partial charge in [0, 0.05) is 6.42 Å². The van der Waals surface area contributed by atoms with Gasteiger partial charge in [-0.05, 0) is 24.7 Å². The fourth-order valence-corrected chi connectivity index (χ4v) is 3.70. The second-order valence-electron chi connectivity index (χ2n) is 6.49. The lowest BCUT2D eigenvalue weighted by Gasteiger charge is -2.36. The van der Waals surface area contributed by atoms with E-state index in [0.717, 1.165) is 25.7 Å². The van der Waals surface area contributed by atoms with Crippen molar-refractivity contribution in [2.45, 2.75) is 76.7 Å². The summed E-state index contributed by atoms with van der Waals surface area (Å²) in [7, 11) is 0. The van der Waals surface area contributed by atoms with Crippen LogP contribution in [0.15, 0.2) is 0 Å². The summed E-state index contributed by atoms with van der Waals surface area (Å²) in [5.74, 6) is 1.62. The lowest BCUT2D eigenvalue weighted by Crippen LogP contribution is -2.51. The molecule has 0 aromatic carbocycles. The van der Waals surface area contributed by atoms with Crippen molar-refractivity contribution in [3.05, 3.63) is 0 Å². The third-order valence-electron chi connectivity index (χ3n) is 4.79. The van der Waals surface area contributed by atoms with Gasteiger partial charge in [-0.3, -0.25) is 4.79 Å². The standard InChI is InChI=1S/C15H27NO/c1-12-6-5-9-15(16,11-12)14(17)10-13-7-3-2-4-8-13/h12-13H,2-11,16H2,1H3. The largest absolute Gasteiger partial charge is 0.319 e. The molecule has 0 saturated heterocycles. The van der Waals surface area contributed by atoms with Crippen molar-refractivity contribution in [1.82, 2.24) is 0 Å². The number of ketones is 1. The SMILES string of the molecule is CC1CCCC(N)(C(=O)CC2CCCCC2)C1. The maximum Gasteiger partial charge on any atom is 0.152 e. The summed E-state index contributed by atoms with van der Waals surface area (Å²) in [6, 6.07) is 0. The first-order valence-electron chi connectivity index (χ1n) is 7.42. The molecule has 2 aliphatic carbocycles. The predicted octanol–water partition coefficient (Wildman–Crippen LogP) is 3.43. The van der Waals surface area contributed by atoms with E-state index < -0.39 is 5.54 Å². The molecule has 2 aliphatic rings. The van der Waals surface area contributed by atoms with Crippen LogP contribution in [0.5, 0.6) is 0 Å². The highest BCUT2D eigenvalue weighted by atomic mass is 16.1. The number of hydrogen-bond acceptors (Lipinski definition) is 2. The van der Waals surface area contributed by atoms with Crippen LogP contribution in [-0.2, 0) is 4.79 Å². The van der Waals surface area contributed by atoms with Crippen LogP contribution in [0, 0.1) is 11.8 Å². The molecule has 2 atom stereocenters. The van der Waals surface area contributed by atoms with Crippen LogP contribution in [-0.4, -0.2) is 11.3 Å². The summed E-state index contributed by atoms with van der Waals surface area (Å²) in [6.45, 7) is 2.23. The molecule has 0 spiro atoms. The number of rotatable bonds is 3. The van der Waals surface area contributed by atoms with Crippen molar-refractivity contribution in [3.8, 4) is 0 Å². The Bertz CT molecular complexity index is 270. The zero-order chi connectivity index (χ0) is 12.3. The van der Waals surface area contributed by atoms with Gasteiger partial charge in [-0.25, -0.2) is 0 Å². The number of nitrogens with two attached hydrogens (primary N) is 1. The minimum Gasteiger partial charge on any atom is -0.319 e. The van der Waals surface area contributed by atoms with Gasteiger partial charge in [0.25, 0.3) is 0 Å². The van der Waals surface area contributed by atoms with Crippen molar-refractivity contribution in [2.24, 2.45) is 17.6 Å². The third-order valence-corrected chi connectivity index (χ3v) is 4.79. The summed E-state index contributed by atoms with van der Waals surface area (Å²) in [4.78, 5) is 12.4. The first-order valence-corrected chi connectivity index (χ1v) is 7.42. The van der Waals surface area contributed by atoms with Gasteiger partial charge in [0.15, 0.2) is 5.78 Å². The molecule has 0 bridgehead atoms. The smallest absolute Gasteiger partial charge is 0.152 e. The molecule has 2 N–H and O–H groups in total. The van der Waals surface area contributed by atoms with Gasteiger partial charge in [-0.1, -0.05) is 51.9 Å². The van der Waals surface area contributed by atoms with E-state index in [9.17, 15) is 4.79 Å². The minimum atomic E-state index is -0.477. The fourth-order valence-electron chi connectivity index (χ4n) is 3.70. The molecular formula is C15H27NO. The van der Waals surface area contributed by atoms with E-state index >= 15 is 0 Å². The van der Waals surface area contributed by atoms with Crippen LogP contribution in [0.2, 0.25) is 0 Å². The van der Waals surface area contributed by atoms with Crippen LogP contribution in [0.3, 0.4) is 0 Å². The Balaban J connectivity index is 1.89. The second-order valence-corrected chi connectivity index (χ2v) is 6.49. The Kier molecular flexibility index (Phi) is 4.24. The van der Waals surface area contributed by atoms with Gasteiger partial charge < -0.3 is 5.73 Å². The van der Waals surface area contributed by atoms with Gasteiger partial charge in [0.2, 0.25) is 0 Å². The predicted molar refractivity (Wildman–Crippen MR) is 70.7 cm³/mol. The van der Waals surface area contributed by atoms with Crippen LogP contribution in [0.1, 0.15) is 71.1 Å². The van der Waals surface area contributed by atoms with E-state index in [0.29, 0.717) is 17.6 Å². The lowest BCUT2D eigenvalue weighted by molar-refractivity contribution is -0.127. The zero-order valence-electron chi connectivity index (χ0n) is 11.2. The van der Waals surface area contributed by atoms with Gasteiger partial charge in [0.05, 0.1) is 5.54 Å². The van der Waals surface area contributed by atoms with Crippen molar-refractivity contribution in [2.75, 3.05) is 0 Å². The molecule has 2 heteroatoms. The van der Waals surface area contributed by atoms with Crippen molar-refractivity contribution in [3.63, 3.8) is 0 Å². The lowest BCUT2D eigenvalue weighted by atomic mass is 9.72. The normalized spacial score (nSPS) is 35.8. The highest BCUT2D eigenvalue weighted by molar-refractivity contribution is 5.88. The summed E-state index contributed by atoms with van der Waals surface area (Å²) >= 11 is 0. The van der Waals surface area contributed by atoms with Crippen LogP contribution < -0.4 is 5.73 Å². The molecule has 0 amide bonds. The van der Waals surface area contributed by atoms with E-state index in [1.165, 1.54) is 38.5 Å². The summed E-state index contributed by atoms with van der Waals surface area (Å²) in [6.07, 6.45) is 11.4. The molecule has 17 heavy (non-hydrogen) atoms. The van der Waals surface area contributed by atoms with E-state index in [2.05, 4.69) is 6.92 Å². The molecule has 98 valence electrons. The quantitative estimate of drug-likeness (QED) is 0.817. The molecule has 2 rings (SSSR count). The Morgan fingerprint density at radius 3 is 2.53 bits per heavy atom. The fraction of sp³-hybridized carbons (Fsp3) is 0.933. The number of carbonyl (C=O) groups excluding carboxylic acids is 1. The van der Waals surface area contributed by atoms with Crippen molar-refractivity contribution < 1.29 is 4.79 Å². The Morgan fingerprint density at radius 2 is 1.88 bits per heavy atom. The summed E-state index contributed by atoms with van der Waals surface area (Å²) in [5, 5.41) is 0. The number of Topliss-reactive ketones (excluding diaryl/α,β-unsaturated/α-hetero) is 1. The van der Waals surface area contributed by atoms with Crippen molar-refractivity contribution >= 4 is 5.78 Å². The maximum absolute atomic E-state index is 12.4. The Labute approximate surface area is 105 Å². The van der Waals surface area contributed by atoms with E-state index in [4.69, 9.17) is 5.73 Å². The first kappa shape index (κ1) is 13.1. The van der Waals surface area contributed by atoms with Gasteiger partial charge in [-0.15, -0.1) is 0 Å². The molecule has 2 unspecified atom stereocenters. The second kappa shape index (κ2) is 5.51. The third kappa shape index (κ3) is 3.31. The highest BCUT2D eigenvalue weighted by Crippen LogP contribution is 2.34. The highest BCUT2D eigenvalue weighted by Gasteiger charge is 2.38. The average Bonchev–Trinajstić information content (AvgIpc) is 2.30. The Morgan fingerprint density at radius 1 is 1.18 bits per heavy atom. The van der Waals surface area contributed by atoms with E-state index in [-0.39, 0.29) is 0 Å². The van der Waals surface area contributed by atoms with Gasteiger partial charge >= 0.3 is 0 Å². The van der Waals surface area contributed by atoms with Gasteiger partial charge in [-0.2, -0.15) is 0 Å². The molecule has 0 aromatic heterocycles.